The summed E-state index contributed by atoms with van der Waals surface area (Å²) in [7, 11) is 2.96. The molecule has 1 fully saturated rings. The van der Waals surface area contributed by atoms with Crippen LogP contribution in [-0.4, -0.2) is 57.2 Å². The first-order valence-corrected chi connectivity index (χ1v) is 13.4. The van der Waals surface area contributed by atoms with Gasteiger partial charge < -0.3 is 18.8 Å². The van der Waals surface area contributed by atoms with Crippen LogP contribution >= 0.6 is 0 Å². The van der Waals surface area contributed by atoms with Gasteiger partial charge in [0.15, 0.2) is 5.75 Å². The van der Waals surface area contributed by atoms with Gasteiger partial charge in [0.2, 0.25) is 5.88 Å². The van der Waals surface area contributed by atoms with Gasteiger partial charge in [-0.3, -0.25) is 9.88 Å². The first-order valence-electron chi connectivity index (χ1n) is 13.4. The maximum absolute atomic E-state index is 13.1. The number of pyridine rings is 2. The van der Waals surface area contributed by atoms with Gasteiger partial charge in [-0.05, 0) is 56.3 Å². The van der Waals surface area contributed by atoms with Gasteiger partial charge >= 0.3 is 18.8 Å². The Morgan fingerprint density at radius 2 is 1.86 bits per heavy atom. The number of esters is 1. The molecule has 228 valence electrons. The number of carbonyl (C=O) groups is 1. The Morgan fingerprint density at radius 3 is 2.51 bits per heavy atom. The topological polar surface area (TPSA) is 91.6 Å². The molecule has 1 saturated heterocycles. The second kappa shape index (κ2) is 12.5. The minimum absolute atomic E-state index is 0.0176. The smallest absolute Gasteiger partial charge is 0.417 e. The van der Waals surface area contributed by atoms with Crippen LogP contribution in [0.1, 0.15) is 51.9 Å². The number of carbonyl (C=O) groups excluding carboxylic acids is 1. The quantitative estimate of drug-likeness (QED) is 0.177. The molecule has 0 spiro atoms. The fourth-order valence-corrected chi connectivity index (χ4v) is 5.02. The lowest BCUT2D eigenvalue weighted by Crippen LogP contribution is -2.33. The van der Waals surface area contributed by atoms with E-state index in [0.717, 1.165) is 43.9 Å². The molecule has 5 rings (SSSR count). The first kappa shape index (κ1) is 30.1. The van der Waals surface area contributed by atoms with E-state index >= 15 is 0 Å². The number of nitrogens with zero attached hydrogens (tertiary/aromatic N) is 5. The predicted octanol–water partition coefficient (Wildman–Crippen LogP) is 5.73. The third-order valence-corrected chi connectivity index (χ3v) is 7.32. The first-order chi connectivity index (χ1) is 20.5. The molecule has 0 atom stereocenters. The molecule has 1 aliphatic heterocycles. The van der Waals surface area contributed by atoms with Gasteiger partial charge in [0.25, 0.3) is 0 Å². The molecule has 4 aromatic rings. The summed E-state index contributed by atoms with van der Waals surface area (Å²) in [6.07, 6.45) is -2.08. The average molecular weight is 606 g/mol. The molecule has 43 heavy (non-hydrogen) atoms. The second-order valence-corrected chi connectivity index (χ2v) is 10.1. The standard InChI is InChI=1S/C29H28F5N5O4/c1-38-22-12-18(27(40)41-2)13-23(43-28(30)31)26(22)37-24(38)15-39-10-8-17(9-11-39)21-4-3-5-25(36-21)42-16-20-7-6-19(14-35-20)29(32,33)34/h3-7,12-14,17,28H,8-11,15-16H2,1-2H3. The largest absolute Gasteiger partial charge is 0.471 e. The maximum atomic E-state index is 13.1. The number of hydrogen-bond donors (Lipinski definition) is 0. The van der Waals surface area contributed by atoms with Crippen LogP contribution in [0.2, 0.25) is 0 Å². The molecule has 0 saturated carbocycles. The summed E-state index contributed by atoms with van der Waals surface area (Å²) in [6.45, 7) is -1.19. The minimum atomic E-state index is -4.45. The highest BCUT2D eigenvalue weighted by Gasteiger charge is 2.30. The van der Waals surface area contributed by atoms with Crippen LogP contribution in [0.4, 0.5) is 22.0 Å². The number of benzene rings is 1. The Bertz CT molecular complexity index is 1580. The summed E-state index contributed by atoms with van der Waals surface area (Å²) in [5.74, 6) is 0.272. The molecule has 1 aromatic carbocycles. The number of ether oxygens (including phenoxy) is 3. The van der Waals surface area contributed by atoms with Crippen LogP contribution in [0.25, 0.3) is 11.0 Å². The van der Waals surface area contributed by atoms with Gasteiger partial charge in [-0.25, -0.2) is 14.8 Å². The van der Waals surface area contributed by atoms with Crippen molar-refractivity contribution in [3.05, 3.63) is 77.0 Å². The van der Waals surface area contributed by atoms with E-state index in [1.54, 1.807) is 17.7 Å². The van der Waals surface area contributed by atoms with E-state index in [2.05, 4.69) is 24.6 Å². The number of aromatic nitrogens is 4. The Hall–Kier alpha value is -4.33. The van der Waals surface area contributed by atoms with Crippen molar-refractivity contribution in [3.8, 4) is 11.6 Å². The normalized spacial score (nSPS) is 14.8. The number of fused-ring (bicyclic) bond motifs is 1. The number of imidazole rings is 1. The SMILES string of the molecule is COC(=O)c1cc(OC(F)F)c2nc(CN3CCC(c4cccc(OCc5ccc(C(F)(F)F)cn5)n4)CC3)n(C)c2c1. The van der Waals surface area contributed by atoms with E-state index in [1.807, 2.05) is 12.1 Å². The monoisotopic (exact) mass is 605 g/mol. The molecule has 14 heteroatoms. The van der Waals surface area contributed by atoms with Gasteiger partial charge in [0.1, 0.15) is 17.9 Å². The summed E-state index contributed by atoms with van der Waals surface area (Å²) >= 11 is 0. The van der Waals surface area contributed by atoms with Gasteiger partial charge in [0, 0.05) is 30.9 Å². The summed E-state index contributed by atoms with van der Waals surface area (Å²) in [4.78, 5) is 27.3. The lowest BCUT2D eigenvalue weighted by molar-refractivity contribution is -0.137. The van der Waals surface area contributed by atoms with E-state index in [9.17, 15) is 26.7 Å². The zero-order chi connectivity index (χ0) is 30.7. The molecule has 0 aliphatic carbocycles. The number of aryl methyl sites for hydroxylation is 1. The number of halogens is 5. The summed E-state index contributed by atoms with van der Waals surface area (Å²) < 4.78 is 81.3. The molecule has 1 aliphatic rings. The third kappa shape index (κ3) is 7.01. The predicted molar refractivity (Wildman–Crippen MR) is 144 cm³/mol. The van der Waals surface area contributed by atoms with Crippen molar-refractivity contribution in [2.75, 3.05) is 20.2 Å². The van der Waals surface area contributed by atoms with Crippen LogP contribution in [0, 0.1) is 0 Å². The lowest BCUT2D eigenvalue weighted by atomic mass is 9.93. The number of alkyl halides is 5. The summed E-state index contributed by atoms with van der Waals surface area (Å²) in [5.41, 5.74) is 1.16. The fourth-order valence-electron chi connectivity index (χ4n) is 5.02. The van der Waals surface area contributed by atoms with Crippen molar-refractivity contribution >= 4 is 17.0 Å². The van der Waals surface area contributed by atoms with Gasteiger partial charge in [-0.2, -0.15) is 22.0 Å². The number of methoxy groups -OCH3 is 1. The van der Waals surface area contributed by atoms with E-state index in [1.165, 1.54) is 25.3 Å². The van der Waals surface area contributed by atoms with E-state index in [0.29, 0.717) is 29.5 Å². The Labute approximate surface area is 243 Å². The Morgan fingerprint density at radius 1 is 1.09 bits per heavy atom. The van der Waals surface area contributed by atoms with Crippen molar-refractivity contribution in [1.82, 2.24) is 24.4 Å². The number of rotatable bonds is 9. The van der Waals surface area contributed by atoms with Crippen LogP contribution in [0.5, 0.6) is 11.6 Å². The second-order valence-electron chi connectivity index (χ2n) is 10.1. The highest BCUT2D eigenvalue weighted by Crippen LogP contribution is 2.32. The zero-order valence-corrected chi connectivity index (χ0v) is 23.3. The van der Waals surface area contributed by atoms with Gasteiger partial charge in [-0.1, -0.05) is 6.07 Å². The third-order valence-electron chi connectivity index (χ3n) is 7.32. The van der Waals surface area contributed by atoms with E-state index in [4.69, 9.17) is 9.47 Å². The summed E-state index contributed by atoms with van der Waals surface area (Å²) in [6, 6.07) is 10.4. The van der Waals surface area contributed by atoms with Crippen LogP contribution < -0.4 is 9.47 Å². The molecule has 0 amide bonds. The number of piperidine rings is 1. The highest BCUT2D eigenvalue weighted by atomic mass is 19.4. The van der Waals surface area contributed by atoms with Crippen LogP contribution in [-0.2, 0) is 31.1 Å². The van der Waals surface area contributed by atoms with E-state index in [-0.39, 0.29) is 29.4 Å². The highest BCUT2D eigenvalue weighted by molar-refractivity contribution is 5.96. The van der Waals surface area contributed by atoms with Crippen molar-refractivity contribution < 1.29 is 41.0 Å². The molecule has 4 heterocycles. The molecule has 0 radical (unpaired) electrons. The Balaban J connectivity index is 1.22. The molecular weight excluding hydrogens is 577 g/mol. The molecule has 0 bridgehead atoms. The molecule has 0 unspecified atom stereocenters. The van der Waals surface area contributed by atoms with Crippen molar-refractivity contribution in [3.63, 3.8) is 0 Å². The fraction of sp³-hybridized carbons (Fsp3) is 0.379. The van der Waals surface area contributed by atoms with Crippen molar-refractivity contribution in [2.24, 2.45) is 7.05 Å². The van der Waals surface area contributed by atoms with Crippen molar-refractivity contribution in [2.45, 2.75) is 44.7 Å². The average Bonchev–Trinajstić information content (AvgIpc) is 3.30. The number of hydrogen-bond acceptors (Lipinski definition) is 8. The maximum Gasteiger partial charge on any atom is 0.417 e. The van der Waals surface area contributed by atoms with Gasteiger partial charge in [-0.15, -0.1) is 0 Å². The van der Waals surface area contributed by atoms with Crippen LogP contribution in [0.3, 0.4) is 0 Å². The minimum Gasteiger partial charge on any atom is -0.471 e. The lowest BCUT2D eigenvalue weighted by Gasteiger charge is -2.31. The summed E-state index contributed by atoms with van der Waals surface area (Å²) in [5, 5.41) is 0. The van der Waals surface area contributed by atoms with E-state index < -0.39 is 24.3 Å². The number of likely N-dealkylation sites (tertiary alicyclic amines) is 1. The zero-order valence-electron chi connectivity index (χ0n) is 23.3. The molecule has 9 nitrogen and oxygen atoms in total. The van der Waals surface area contributed by atoms with Crippen LogP contribution in [0.15, 0.2) is 48.7 Å². The molecule has 3 aromatic heterocycles. The molecular formula is C29H28F5N5O4. The van der Waals surface area contributed by atoms with Gasteiger partial charge in [0.05, 0.1) is 36.0 Å². The van der Waals surface area contributed by atoms with Crippen molar-refractivity contribution in [1.29, 1.82) is 0 Å². The molecule has 0 N–H and O–H groups in total. The Kier molecular flexibility index (Phi) is 8.76.